The summed E-state index contributed by atoms with van der Waals surface area (Å²) in [5.41, 5.74) is 1.77. The van der Waals surface area contributed by atoms with E-state index in [9.17, 15) is 9.90 Å². The molecule has 0 amide bonds. The zero-order chi connectivity index (χ0) is 9.26. The first-order valence-electron chi connectivity index (χ1n) is 4.59. The molecule has 68 valence electrons. The summed E-state index contributed by atoms with van der Waals surface area (Å²) < 4.78 is 0. The number of aliphatic hydroxyl groups excluding tert-OH is 1. The van der Waals surface area contributed by atoms with Gasteiger partial charge < -0.3 is 5.11 Å². The van der Waals surface area contributed by atoms with Crippen LogP contribution in [-0.2, 0) is 6.42 Å². The molecule has 0 heterocycles. The second-order valence-electron chi connectivity index (χ2n) is 3.43. The third kappa shape index (κ3) is 1.49. The summed E-state index contributed by atoms with van der Waals surface area (Å²) >= 11 is 0. The second kappa shape index (κ2) is 3.30. The first kappa shape index (κ1) is 8.45. The zero-order valence-corrected chi connectivity index (χ0v) is 7.36. The highest BCUT2D eigenvalue weighted by atomic mass is 16.3. The van der Waals surface area contributed by atoms with Crippen molar-refractivity contribution in [2.24, 2.45) is 0 Å². The van der Waals surface area contributed by atoms with Gasteiger partial charge in [-0.2, -0.15) is 0 Å². The van der Waals surface area contributed by atoms with Gasteiger partial charge in [-0.1, -0.05) is 24.3 Å². The Morgan fingerprint density at radius 1 is 1.31 bits per heavy atom. The molecule has 0 saturated heterocycles. The van der Waals surface area contributed by atoms with Crippen LogP contribution < -0.4 is 0 Å². The molecule has 0 radical (unpaired) electrons. The Morgan fingerprint density at radius 3 is 2.92 bits per heavy atom. The minimum absolute atomic E-state index is 0.117. The molecule has 0 bridgehead atoms. The van der Waals surface area contributed by atoms with Crippen LogP contribution in [0.2, 0.25) is 0 Å². The highest BCUT2D eigenvalue weighted by Crippen LogP contribution is 2.20. The molecule has 1 aromatic carbocycles. The van der Waals surface area contributed by atoms with E-state index >= 15 is 0 Å². The van der Waals surface area contributed by atoms with Gasteiger partial charge >= 0.3 is 0 Å². The molecule has 0 fully saturated rings. The van der Waals surface area contributed by atoms with E-state index in [0.29, 0.717) is 12.0 Å². The summed E-state index contributed by atoms with van der Waals surface area (Å²) in [7, 11) is 0. The third-order valence-corrected chi connectivity index (χ3v) is 2.51. The van der Waals surface area contributed by atoms with Crippen molar-refractivity contribution < 1.29 is 9.90 Å². The third-order valence-electron chi connectivity index (χ3n) is 2.51. The van der Waals surface area contributed by atoms with Gasteiger partial charge in [-0.15, -0.1) is 0 Å². The Kier molecular flexibility index (Phi) is 2.15. The Morgan fingerprint density at radius 2 is 2.08 bits per heavy atom. The number of aliphatic hydroxyl groups is 1. The Balaban J connectivity index is 2.46. The van der Waals surface area contributed by atoms with Crippen LogP contribution in [0.1, 0.15) is 28.8 Å². The highest BCUT2D eigenvalue weighted by molar-refractivity contribution is 6.00. The lowest BCUT2D eigenvalue weighted by Gasteiger charge is -2.05. The molecule has 0 unspecified atom stereocenters. The van der Waals surface area contributed by atoms with Crippen LogP contribution in [0.3, 0.4) is 0 Å². The van der Waals surface area contributed by atoms with Crippen molar-refractivity contribution >= 4 is 5.78 Å². The van der Waals surface area contributed by atoms with Gasteiger partial charge in [0, 0.05) is 5.56 Å². The van der Waals surface area contributed by atoms with E-state index in [1.54, 1.807) is 6.07 Å². The normalized spacial score (nSPS) is 22.2. The number of fused-ring (bicyclic) bond motifs is 1. The zero-order valence-electron chi connectivity index (χ0n) is 7.36. The fourth-order valence-corrected chi connectivity index (χ4v) is 1.78. The molecule has 0 spiro atoms. The molecule has 1 aromatic rings. The van der Waals surface area contributed by atoms with Crippen LogP contribution in [0.25, 0.3) is 0 Å². The SMILES string of the molecule is O=C1c2ccccc2CCC[C@H]1O. The van der Waals surface area contributed by atoms with Gasteiger partial charge in [-0.3, -0.25) is 4.79 Å². The van der Waals surface area contributed by atoms with Gasteiger partial charge in [-0.05, 0) is 24.8 Å². The predicted octanol–water partition coefficient (Wildman–Crippen LogP) is 1.57. The molecule has 13 heavy (non-hydrogen) atoms. The Bertz CT molecular complexity index is 331. The van der Waals surface area contributed by atoms with Gasteiger partial charge in [0.1, 0.15) is 6.10 Å². The van der Waals surface area contributed by atoms with Crippen molar-refractivity contribution in [3.63, 3.8) is 0 Å². The quantitative estimate of drug-likeness (QED) is 0.609. The lowest BCUT2D eigenvalue weighted by atomic mass is 10.0. The van der Waals surface area contributed by atoms with Gasteiger partial charge in [0.15, 0.2) is 5.78 Å². The summed E-state index contributed by atoms with van der Waals surface area (Å²) in [6, 6.07) is 7.54. The number of ketones is 1. The average molecular weight is 176 g/mol. The van der Waals surface area contributed by atoms with Crippen LogP contribution >= 0.6 is 0 Å². The summed E-state index contributed by atoms with van der Waals surface area (Å²) in [6.07, 6.45) is 1.60. The van der Waals surface area contributed by atoms with Gasteiger partial charge in [0.05, 0.1) is 0 Å². The molecule has 2 rings (SSSR count). The molecular formula is C11H12O2. The first-order chi connectivity index (χ1) is 6.29. The molecule has 1 aliphatic carbocycles. The summed E-state index contributed by atoms with van der Waals surface area (Å²) in [4.78, 5) is 11.6. The lowest BCUT2D eigenvalue weighted by Crippen LogP contribution is -2.18. The maximum absolute atomic E-state index is 11.6. The van der Waals surface area contributed by atoms with Crippen LogP contribution in [0.4, 0.5) is 0 Å². The summed E-state index contributed by atoms with van der Waals surface area (Å²) in [6.45, 7) is 0. The Labute approximate surface area is 77.2 Å². The molecule has 0 aromatic heterocycles. The second-order valence-corrected chi connectivity index (χ2v) is 3.43. The predicted molar refractivity (Wildman–Crippen MR) is 49.7 cm³/mol. The largest absolute Gasteiger partial charge is 0.385 e. The van der Waals surface area contributed by atoms with Crippen LogP contribution in [-0.4, -0.2) is 17.0 Å². The minimum Gasteiger partial charge on any atom is -0.385 e. The fourth-order valence-electron chi connectivity index (χ4n) is 1.78. The lowest BCUT2D eigenvalue weighted by molar-refractivity contribution is 0.0735. The van der Waals surface area contributed by atoms with E-state index in [2.05, 4.69) is 0 Å². The maximum Gasteiger partial charge on any atom is 0.191 e. The summed E-state index contributed by atoms with van der Waals surface area (Å²) in [5.74, 6) is -0.117. The van der Waals surface area contributed by atoms with Gasteiger partial charge in [0.25, 0.3) is 0 Å². The molecule has 2 nitrogen and oxygen atoms in total. The molecular weight excluding hydrogens is 164 g/mol. The summed E-state index contributed by atoms with van der Waals surface area (Å²) in [5, 5.41) is 9.45. The van der Waals surface area contributed by atoms with Crippen molar-refractivity contribution in [3.05, 3.63) is 35.4 Å². The highest BCUT2D eigenvalue weighted by Gasteiger charge is 2.22. The number of benzene rings is 1. The minimum atomic E-state index is -0.788. The molecule has 1 N–H and O–H groups in total. The number of carbonyl (C=O) groups excluding carboxylic acids is 1. The van der Waals surface area contributed by atoms with Crippen molar-refractivity contribution in [3.8, 4) is 0 Å². The van der Waals surface area contributed by atoms with Gasteiger partial charge in [-0.25, -0.2) is 0 Å². The topological polar surface area (TPSA) is 37.3 Å². The molecule has 2 heteroatoms. The number of hydrogen-bond donors (Lipinski definition) is 1. The van der Waals surface area contributed by atoms with Crippen LogP contribution in [0.15, 0.2) is 24.3 Å². The Hall–Kier alpha value is -1.15. The number of hydrogen-bond acceptors (Lipinski definition) is 2. The molecule has 0 saturated carbocycles. The fraction of sp³-hybridized carbons (Fsp3) is 0.364. The van der Waals surface area contributed by atoms with Crippen molar-refractivity contribution in [2.75, 3.05) is 0 Å². The van der Waals surface area contributed by atoms with E-state index in [4.69, 9.17) is 0 Å². The van der Waals surface area contributed by atoms with Crippen molar-refractivity contribution in [1.29, 1.82) is 0 Å². The number of aryl methyl sites for hydroxylation is 1. The molecule has 1 atom stereocenters. The van der Waals surface area contributed by atoms with Gasteiger partial charge in [0.2, 0.25) is 0 Å². The maximum atomic E-state index is 11.6. The number of rotatable bonds is 0. The van der Waals surface area contributed by atoms with E-state index in [1.165, 1.54) is 0 Å². The number of carbonyl (C=O) groups is 1. The van der Waals surface area contributed by atoms with E-state index in [1.807, 2.05) is 18.2 Å². The smallest absolute Gasteiger partial charge is 0.191 e. The van der Waals surface area contributed by atoms with Crippen LogP contribution in [0, 0.1) is 0 Å². The average Bonchev–Trinajstić information content (AvgIpc) is 2.29. The van der Waals surface area contributed by atoms with Crippen molar-refractivity contribution in [1.82, 2.24) is 0 Å². The first-order valence-corrected chi connectivity index (χ1v) is 4.59. The van der Waals surface area contributed by atoms with Crippen LogP contribution in [0.5, 0.6) is 0 Å². The number of Topliss-reactive ketones (excluding diaryl/α,β-unsaturated/α-hetero) is 1. The van der Waals surface area contributed by atoms with E-state index in [0.717, 1.165) is 18.4 Å². The molecule has 1 aliphatic rings. The van der Waals surface area contributed by atoms with Crippen molar-refractivity contribution in [2.45, 2.75) is 25.4 Å². The molecule has 0 aliphatic heterocycles. The van der Waals surface area contributed by atoms with E-state index < -0.39 is 6.10 Å². The monoisotopic (exact) mass is 176 g/mol. The van der Waals surface area contributed by atoms with E-state index in [-0.39, 0.29) is 5.78 Å². The standard InChI is InChI=1S/C11H12O2/c12-10-7-3-5-8-4-1-2-6-9(8)11(10)13/h1-2,4,6,10,12H,3,5,7H2/t10-/m1/s1.